The minimum absolute atomic E-state index is 0.0860. The molecule has 7 nitrogen and oxygen atoms in total. The van der Waals surface area contributed by atoms with Crippen molar-refractivity contribution in [3.63, 3.8) is 0 Å². The maximum absolute atomic E-state index is 12.2. The van der Waals surface area contributed by atoms with Crippen molar-refractivity contribution in [2.24, 2.45) is 7.05 Å². The van der Waals surface area contributed by atoms with Gasteiger partial charge in [-0.15, -0.1) is 10.2 Å². The highest BCUT2D eigenvalue weighted by Crippen LogP contribution is 2.17. The summed E-state index contributed by atoms with van der Waals surface area (Å²) in [5.41, 5.74) is 6.74. The van der Waals surface area contributed by atoms with Crippen LogP contribution in [0.25, 0.3) is 0 Å². The standard InChI is InChI=1S/C11H15N5O2S/c1-8-5-9(12)3-4-10(8)19(17,18)14-6-11-15-13-7-16(11)2/h3-5,7,14H,6,12H2,1-2H3. The quantitative estimate of drug-likeness (QED) is 0.778. The van der Waals surface area contributed by atoms with Gasteiger partial charge < -0.3 is 10.3 Å². The molecule has 0 atom stereocenters. The number of benzene rings is 1. The molecule has 0 saturated carbocycles. The number of nitrogens with one attached hydrogen (secondary N) is 1. The molecule has 0 bridgehead atoms. The maximum atomic E-state index is 12.2. The zero-order chi connectivity index (χ0) is 14.0. The number of aryl methyl sites for hydroxylation is 2. The fraction of sp³-hybridized carbons (Fsp3) is 0.273. The summed E-state index contributed by atoms with van der Waals surface area (Å²) in [6.45, 7) is 1.79. The molecule has 1 heterocycles. The highest BCUT2D eigenvalue weighted by atomic mass is 32.2. The number of nitrogen functional groups attached to an aromatic ring is 1. The first kappa shape index (κ1) is 13.5. The second-order valence-corrected chi connectivity index (χ2v) is 5.94. The van der Waals surface area contributed by atoms with Crippen molar-refractivity contribution < 1.29 is 8.42 Å². The fourth-order valence-electron chi connectivity index (χ4n) is 1.68. The number of hydrogen-bond donors (Lipinski definition) is 2. The van der Waals surface area contributed by atoms with Crippen LogP contribution in [0.1, 0.15) is 11.4 Å². The third-order valence-corrected chi connectivity index (χ3v) is 4.28. The molecular formula is C11H15N5O2S. The van der Waals surface area contributed by atoms with Crippen molar-refractivity contribution in [1.29, 1.82) is 0 Å². The molecule has 0 aliphatic heterocycles. The van der Waals surface area contributed by atoms with Crippen LogP contribution in [0.4, 0.5) is 5.69 Å². The molecule has 1 aromatic carbocycles. The van der Waals surface area contributed by atoms with Crippen LogP contribution >= 0.6 is 0 Å². The van der Waals surface area contributed by atoms with Gasteiger partial charge in [0.2, 0.25) is 10.0 Å². The number of hydrogen-bond acceptors (Lipinski definition) is 5. The predicted molar refractivity (Wildman–Crippen MR) is 70.6 cm³/mol. The molecule has 0 radical (unpaired) electrons. The first-order chi connectivity index (χ1) is 8.90. The molecule has 0 fully saturated rings. The summed E-state index contributed by atoms with van der Waals surface area (Å²) in [7, 11) is -1.84. The van der Waals surface area contributed by atoms with Crippen LogP contribution in [0.3, 0.4) is 0 Å². The maximum Gasteiger partial charge on any atom is 0.241 e. The summed E-state index contributed by atoms with van der Waals surface area (Å²) in [5.74, 6) is 0.539. The molecule has 0 unspecified atom stereocenters. The molecule has 102 valence electrons. The molecule has 1 aromatic heterocycles. The second kappa shape index (κ2) is 4.98. The summed E-state index contributed by atoms with van der Waals surface area (Å²) in [4.78, 5) is 0.212. The van der Waals surface area contributed by atoms with E-state index in [9.17, 15) is 8.42 Å². The minimum atomic E-state index is -3.59. The first-order valence-corrected chi connectivity index (χ1v) is 7.07. The zero-order valence-electron chi connectivity index (χ0n) is 10.7. The summed E-state index contributed by atoms with van der Waals surface area (Å²) in [6.07, 6.45) is 1.51. The van der Waals surface area contributed by atoms with Crippen molar-refractivity contribution in [2.75, 3.05) is 5.73 Å². The van der Waals surface area contributed by atoms with Crippen molar-refractivity contribution in [3.05, 3.63) is 35.9 Å². The molecule has 3 N–H and O–H groups in total. The second-order valence-electron chi connectivity index (χ2n) is 4.21. The number of nitrogens with zero attached hydrogens (tertiary/aromatic N) is 3. The van der Waals surface area contributed by atoms with E-state index in [1.807, 2.05) is 0 Å². The third kappa shape index (κ3) is 2.91. The molecular weight excluding hydrogens is 266 g/mol. The van der Waals surface area contributed by atoms with E-state index in [-0.39, 0.29) is 11.4 Å². The molecule has 8 heteroatoms. The van der Waals surface area contributed by atoms with Crippen LogP contribution in [0, 0.1) is 6.92 Å². The molecule has 0 aliphatic carbocycles. The van der Waals surface area contributed by atoms with E-state index in [1.54, 1.807) is 30.7 Å². The highest BCUT2D eigenvalue weighted by Gasteiger charge is 2.17. The number of aromatic nitrogens is 3. The van der Waals surface area contributed by atoms with Crippen LogP contribution in [-0.4, -0.2) is 23.2 Å². The van der Waals surface area contributed by atoms with Crippen molar-refractivity contribution in [3.8, 4) is 0 Å². The van der Waals surface area contributed by atoms with E-state index in [2.05, 4.69) is 14.9 Å². The Morgan fingerprint density at radius 1 is 1.42 bits per heavy atom. The predicted octanol–water partition coefficient (Wildman–Crippen LogP) is 0.184. The monoisotopic (exact) mass is 281 g/mol. The number of anilines is 1. The molecule has 0 spiro atoms. The summed E-state index contributed by atoms with van der Waals surface area (Å²) >= 11 is 0. The Balaban J connectivity index is 2.21. The van der Waals surface area contributed by atoms with Gasteiger partial charge in [0.25, 0.3) is 0 Å². The Kier molecular flexibility index (Phi) is 3.54. The Bertz CT molecular complexity index is 693. The topological polar surface area (TPSA) is 103 Å². The lowest BCUT2D eigenvalue weighted by Crippen LogP contribution is -2.25. The Morgan fingerprint density at radius 3 is 2.74 bits per heavy atom. The van der Waals surface area contributed by atoms with E-state index < -0.39 is 10.0 Å². The minimum Gasteiger partial charge on any atom is -0.399 e. The van der Waals surface area contributed by atoms with Crippen LogP contribution in [0.5, 0.6) is 0 Å². The normalized spacial score (nSPS) is 11.7. The van der Waals surface area contributed by atoms with Gasteiger partial charge >= 0.3 is 0 Å². The fourth-order valence-corrected chi connectivity index (χ4v) is 2.88. The molecule has 0 saturated heterocycles. The van der Waals surface area contributed by atoms with Crippen molar-refractivity contribution in [2.45, 2.75) is 18.4 Å². The van der Waals surface area contributed by atoms with Gasteiger partial charge in [0.15, 0.2) is 0 Å². The van der Waals surface area contributed by atoms with E-state index in [0.29, 0.717) is 17.1 Å². The highest BCUT2D eigenvalue weighted by molar-refractivity contribution is 7.89. The molecule has 19 heavy (non-hydrogen) atoms. The number of nitrogens with two attached hydrogens (primary N) is 1. The van der Waals surface area contributed by atoms with E-state index in [0.717, 1.165) is 0 Å². The van der Waals surface area contributed by atoms with Crippen LogP contribution < -0.4 is 10.5 Å². The number of sulfonamides is 1. The summed E-state index contributed by atoms with van der Waals surface area (Å²) in [6, 6.07) is 4.67. The molecule has 2 aromatic rings. The lowest BCUT2D eigenvalue weighted by atomic mass is 10.2. The van der Waals surface area contributed by atoms with Gasteiger partial charge in [-0.25, -0.2) is 13.1 Å². The largest absolute Gasteiger partial charge is 0.399 e. The SMILES string of the molecule is Cc1cc(N)ccc1S(=O)(=O)NCc1nncn1C. The number of rotatable bonds is 4. The third-order valence-electron chi connectivity index (χ3n) is 2.71. The zero-order valence-corrected chi connectivity index (χ0v) is 11.5. The lowest BCUT2D eigenvalue weighted by molar-refractivity contribution is 0.577. The average molecular weight is 281 g/mol. The van der Waals surface area contributed by atoms with Crippen molar-refractivity contribution >= 4 is 15.7 Å². The van der Waals surface area contributed by atoms with Gasteiger partial charge in [-0.1, -0.05) is 0 Å². The molecule has 0 amide bonds. The first-order valence-electron chi connectivity index (χ1n) is 5.59. The van der Waals surface area contributed by atoms with Gasteiger partial charge in [0.1, 0.15) is 12.2 Å². The average Bonchev–Trinajstić information content (AvgIpc) is 2.72. The van der Waals surface area contributed by atoms with Gasteiger partial charge in [0.05, 0.1) is 11.4 Å². The van der Waals surface area contributed by atoms with Gasteiger partial charge in [-0.2, -0.15) is 0 Å². The van der Waals surface area contributed by atoms with Crippen molar-refractivity contribution in [1.82, 2.24) is 19.5 Å². The molecule has 2 rings (SSSR count). The van der Waals surface area contributed by atoms with E-state index in [4.69, 9.17) is 5.73 Å². The van der Waals surface area contributed by atoms with Gasteiger partial charge in [-0.05, 0) is 30.7 Å². The Labute approximate surface area is 111 Å². The summed E-state index contributed by atoms with van der Waals surface area (Å²) in [5, 5.41) is 7.50. The van der Waals surface area contributed by atoms with Gasteiger partial charge in [0, 0.05) is 12.7 Å². The lowest BCUT2D eigenvalue weighted by Gasteiger charge is -2.09. The Morgan fingerprint density at radius 2 is 2.16 bits per heavy atom. The summed E-state index contributed by atoms with van der Waals surface area (Å²) < 4.78 is 28.5. The van der Waals surface area contributed by atoms with Crippen LogP contribution in [0.2, 0.25) is 0 Å². The smallest absolute Gasteiger partial charge is 0.241 e. The van der Waals surface area contributed by atoms with Crippen LogP contribution in [0.15, 0.2) is 29.4 Å². The van der Waals surface area contributed by atoms with E-state index >= 15 is 0 Å². The Hall–Kier alpha value is -1.93. The van der Waals surface area contributed by atoms with Crippen LogP contribution in [-0.2, 0) is 23.6 Å². The van der Waals surface area contributed by atoms with E-state index in [1.165, 1.54) is 12.4 Å². The molecule has 0 aliphatic rings. The van der Waals surface area contributed by atoms with Gasteiger partial charge in [-0.3, -0.25) is 0 Å².